The van der Waals surface area contributed by atoms with Gasteiger partial charge >= 0.3 is 0 Å². The first-order valence-electron chi connectivity index (χ1n) is 13.4. The molecule has 214 valence electrons. The Morgan fingerprint density at radius 2 is 1.82 bits per heavy atom. The number of carbonyl (C=O) groups excluding carboxylic acids is 2. The van der Waals surface area contributed by atoms with Crippen molar-refractivity contribution in [1.82, 2.24) is 14.4 Å². The zero-order valence-electron chi connectivity index (χ0n) is 23.6. The Kier molecular flexibility index (Phi) is 11.3. The number of amides is 2. The average Bonchev–Trinajstić information content (AvgIpc) is 3.40. The lowest BCUT2D eigenvalue weighted by molar-refractivity contribution is -0.384. The first-order chi connectivity index (χ1) is 19.3. The third kappa shape index (κ3) is 8.16. The highest BCUT2D eigenvalue weighted by molar-refractivity contribution is 5.96. The first-order valence-corrected chi connectivity index (χ1v) is 13.4. The van der Waals surface area contributed by atoms with E-state index in [-0.39, 0.29) is 35.7 Å². The Balaban J connectivity index is 1.80. The maximum Gasteiger partial charge on any atom is 0.269 e. The monoisotopic (exact) mass is 550 g/mol. The zero-order valence-corrected chi connectivity index (χ0v) is 23.6. The Bertz CT molecular complexity index is 1270. The molecule has 2 amide bonds. The molecule has 0 saturated carbocycles. The summed E-state index contributed by atoms with van der Waals surface area (Å²) in [5.74, 6) is 0.259. The molecule has 1 aromatic heterocycles. The van der Waals surface area contributed by atoms with Crippen molar-refractivity contribution >= 4 is 17.5 Å². The maximum atomic E-state index is 13.7. The normalized spacial score (nSPS) is 11.6. The number of hydrogen-bond donors (Lipinski definition) is 0. The van der Waals surface area contributed by atoms with Gasteiger partial charge in [0, 0.05) is 62.4 Å². The largest absolute Gasteiger partial charge is 0.497 e. The molecule has 0 fully saturated rings. The SMILES string of the molecule is CCC(C)N(Cc1cccn1Cc1cccc(OC)c1)C(=O)CN(CCCOC)C(=O)c1ccc([N+](=O)[O-])cc1. The second-order valence-corrected chi connectivity index (χ2v) is 9.63. The molecule has 0 radical (unpaired) electrons. The second-order valence-electron chi connectivity index (χ2n) is 9.63. The number of non-ortho nitro benzene ring substituents is 1. The molecule has 1 unspecified atom stereocenters. The van der Waals surface area contributed by atoms with Crippen LogP contribution in [0.15, 0.2) is 66.9 Å². The fourth-order valence-corrected chi connectivity index (χ4v) is 4.41. The van der Waals surface area contributed by atoms with Gasteiger partial charge in [-0.2, -0.15) is 0 Å². The van der Waals surface area contributed by atoms with Crippen LogP contribution in [-0.2, 0) is 22.6 Å². The van der Waals surface area contributed by atoms with Crippen LogP contribution in [0.5, 0.6) is 5.75 Å². The summed E-state index contributed by atoms with van der Waals surface area (Å²) in [6.07, 6.45) is 3.29. The van der Waals surface area contributed by atoms with Gasteiger partial charge in [0.1, 0.15) is 12.3 Å². The smallest absolute Gasteiger partial charge is 0.269 e. The number of nitro benzene ring substituents is 1. The molecule has 2 aromatic carbocycles. The standard InChI is InChI=1S/C30H38N4O6/c1-5-23(2)33(21-27-10-7-16-31(27)20-24-9-6-11-28(19-24)40-4)29(35)22-32(17-8-18-39-3)30(36)25-12-14-26(15-13-25)34(37)38/h6-7,9-16,19,23H,5,8,17-18,20-22H2,1-4H3. The quantitative estimate of drug-likeness (QED) is 0.153. The van der Waals surface area contributed by atoms with E-state index in [2.05, 4.69) is 4.57 Å². The molecule has 10 nitrogen and oxygen atoms in total. The molecule has 1 atom stereocenters. The van der Waals surface area contributed by atoms with Crippen LogP contribution in [0.3, 0.4) is 0 Å². The molecule has 0 spiro atoms. The topological polar surface area (TPSA) is 107 Å². The number of aromatic nitrogens is 1. The fraction of sp³-hybridized carbons (Fsp3) is 0.400. The van der Waals surface area contributed by atoms with Crippen molar-refractivity contribution in [3.63, 3.8) is 0 Å². The highest BCUT2D eigenvalue weighted by Crippen LogP contribution is 2.19. The summed E-state index contributed by atoms with van der Waals surface area (Å²) in [4.78, 5) is 40.9. The van der Waals surface area contributed by atoms with E-state index in [1.165, 1.54) is 29.2 Å². The van der Waals surface area contributed by atoms with E-state index in [0.29, 0.717) is 32.7 Å². The van der Waals surface area contributed by atoms with Crippen molar-refractivity contribution in [2.24, 2.45) is 0 Å². The van der Waals surface area contributed by atoms with Crippen molar-refractivity contribution in [1.29, 1.82) is 0 Å². The molecular weight excluding hydrogens is 512 g/mol. The van der Waals surface area contributed by atoms with E-state index in [4.69, 9.17) is 9.47 Å². The van der Waals surface area contributed by atoms with Crippen LogP contribution >= 0.6 is 0 Å². The van der Waals surface area contributed by atoms with Crippen LogP contribution in [-0.4, -0.2) is 71.1 Å². The van der Waals surface area contributed by atoms with E-state index >= 15 is 0 Å². The molecule has 1 heterocycles. The predicted molar refractivity (Wildman–Crippen MR) is 152 cm³/mol. The van der Waals surface area contributed by atoms with Crippen LogP contribution in [0.25, 0.3) is 0 Å². The van der Waals surface area contributed by atoms with Crippen molar-refractivity contribution in [3.05, 3.63) is 93.8 Å². The zero-order chi connectivity index (χ0) is 29.1. The third-order valence-corrected chi connectivity index (χ3v) is 6.90. The molecule has 0 N–H and O–H groups in total. The van der Waals surface area contributed by atoms with E-state index in [9.17, 15) is 19.7 Å². The fourth-order valence-electron chi connectivity index (χ4n) is 4.41. The van der Waals surface area contributed by atoms with Crippen LogP contribution < -0.4 is 4.74 Å². The number of ether oxygens (including phenoxy) is 2. The number of nitro groups is 1. The first kappa shape index (κ1) is 30.4. The molecule has 40 heavy (non-hydrogen) atoms. The Labute approximate surface area is 235 Å². The summed E-state index contributed by atoms with van der Waals surface area (Å²) in [5, 5.41) is 11.0. The summed E-state index contributed by atoms with van der Waals surface area (Å²) in [6, 6.07) is 17.2. The van der Waals surface area contributed by atoms with Gasteiger partial charge in [-0.15, -0.1) is 0 Å². The number of rotatable bonds is 15. The summed E-state index contributed by atoms with van der Waals surface area (Å²) in [5.41, 5.74) is 2.25. The average molecular weight is 551 g/mol. The van der Waals surface area contributed by atoms with E-state index in [1.54, 1.807) is 14.2 Å². The van der Waals surface area contributed by atoms with Crippen molar-refractivity contribution in [2.45, 2.75) is 45.8 Å². The van der Waals surface area contributed by atoms with E-state index in [1.807, 2.05) is 61.3 Å². The molecular formula is C30H38N4O6. The molecule has 0 saturated heterocycles. The molecule has 0 aliphatic carbocycles. The Morgan fingerprint density at radius 1 is 1.07 bits per heavy atom. The number of carbonyl (C=O) groups is 2. The van der Waals surface area contributed by atoms with Gasteiger partial charge in [-0.05, 0) is 61.7 Å². The van der Waals surface area contributed by atoms with Crippen LogP contribution in [0, 0.1) is 10.1 Å². The summed E-state index contributed by atoms with van der Waals surface area (Å²) in [7, 11) is 3.22. The van der Waals surface area contributed by atoms with Crippen LogP contribution in [0.2, 0.25) is 0 Å². The second kappa shape index (κ2) is 14.8. The molecule has 0 aliphatic rings. The Morgan fingerprint density at radius 3 is 2.48 bits per heavy atom. The number of hydrogen-bond acceptors (Lipinski definition) is 6. The minimum absolute atomic E-state index is 0.0528. The van der Waals surface area contributed by atoms with E-state index < -0.39 is 4.92 Å². The summed E-state index contributed by atoms with van der Waals surface area (Å²) in [6.45, 7) is 5.69. The summed E-state index contributed by atoms with van der Waals surface area (Å²) >= 11 is 0. The van der Waals surface area contributed by atoms with Crippen molar-refractivity contribution < 1.29 is 24.0 Å². The predicted octanol–water partition coefficient (Wildman–Crippen LogP) is 4.76. The maximum absolute atomic E-state index is 13.7. The lowest BCUT2D eigenvalue weighted by Gasteiger charge is -2.32. The Hall–Kier alpha value is -4.18. The van der Waals surface area contributed by atoms with Gasteiger partial charge in [-0.1, -0.05) is 19.1 Å². The van der Waals surface area contributed by atoms with Crippen molar-refractivity contribution in [3.8, 4) is 5.75 Å². The van der Waals surface area contributed by atoms with Gasteiger partial charge < -0.3 is 23.8 Å². The molecule has 3 rings (SSSR count). The minimum Gasteiger partial charge on any atom is -0.497 e. The van der Waals surface area contributed by atoms with Crippen molar-refractivity contribution in [2.75, 3.05) is 33.9 Å². The van der Waals surface area contributed by atoms with Gasteiger partial charge in [0.15, 0.2) is 0 Å². The molecule has 10 heteroatoms. The highest BCUT2D eigenvalue weighted by Gasteiger charge is 2.26. The molecule has 0 bridgehead atoms. The summed E-state index contributed by atoms with van der Waals surface area (Å²) < 4.78 is 12.6. The number of benzene rings is 2. The minimum atomic E-state index is -0.512. The van der Waals surface area contributed by atoms with Gasteiger partial charge in [-0.25, -0.2) is 0 Å². The molecule has 0 aliphatic heterocycles. The van der Waals surface area contributed by atoms with Crippen LogP contribution in [0.4, 0.5) is 5.69 Å². The van der Waals surface area contributed by atoms with Gasteiger partial charge in [0.2, 0.25) is 5.91 Å². The van der Waals surface area contributed by atoms with Gasteiger partial charge in [0.05, 0.1) is 18.6 Å². The number of nitrogens with zero attached hydrogens (tertiary/aromatic N) is 4. The highest BCUT2D eigenvalue weighted by atomic mass is 16.6. The van der Waals surface area contributed by atoms with Gasteiger partial charge in [-0.3, -0.25) is 19.7 Å². The lowest BCUT2D eigenvalue weighted by Crippen LogP contribution is -2.46. The van der Waals surface area contributed by atoms with E-state index in [0.717, 1.165) is 23.4 Å². The number of methoxy groups -OCH3 is 2. The lowest BCUT2D eigenvalue weighted by atomic mass is 10.1. The van der Waals surface area contributed by atoms with Gasteiger partial charge in [0.25, 0.3) is 11.6 Å². The third-order valence-electron chi connectivity index (χ3n) is 6.90. The molecule has 3 aromatic rings. The van der Waals surface area contributed by atoms with Crippen LogP contribution in [0.1, 0.15) is 48.3 Å².